The molecule has 3 rings (SSSR count). The number of rotatable bonds is 6. The van der Waals surface area contributed by atoms with Crippen molar-refractivity contribution in [2.75, 3.05) is 13.2 Å². The number of nitrogens with zero attached hydrogens (tertiary/aromatic N) is 2. The van der Waals surface area contributed by atoms with Crippen LogP contribution in [0.15, 0.2) is 36.4 Å². The summed E-state index contributed by atoms with van der Waals surface area (Å²) in [7, 11) is 0. The van der Waals surface area contributed by atoms with Gasteiger partial charge in [-0.3, -0.25) is 4.79 Å². The molecule has 1 aromatic carbocycles. The van der Waals surface area contributed by atoms with Gasteiger partial charge in [0.25, 0.3) is 5.91 Å². The largest absolute Gasteiger partial charge is 0.376 e. The summed E-state index contributed by atoms with van der Waals surface area (Å²) >= 11 is 0. The van der Waals surface area contributed by atoms with E-state index in [2.05, 4.69) is 17.3 Å². The molecule has 0 aliphatic heterocycles. The van der Waals surface area contributed by atoms with Gasteiger partial charge in [-0.1, -0.05) is 38.0 Å². The number of hydrogen-bond acceptors (Lipinski definition) is 3. The Balaban J connectivity index is 1.50. The number of carbonyl (C=O) groups is 1. The number of benzene rings is 1. The van der Waals surface area contributed by atoms with Crippen molar-refractivity contribution in [2.24, 2.45) is 5.92 Å². The molecule has 2 atom stereocenters. The van der Waals surface area contributed by atoms with Crippen molar-refractivity contribution < 1.29 is 9.53 Å². The SMILES string of the molecule is Cc1cc(C(=O)NCCOC2CCCCC2C)nn1-c1ccccc1. The topological polar surface area (TPSA) is 56.1 Å². The molecule has 1 aromatic heterocycles. The van der Waals surface area contributed by atoms with Crippen LogP contribution >= 0.6 is 0 Å². The summed E-state index contributed by atoms with van der Waals surface area (Å²) in [6.07, 6.45) is 5.27. The van der Waals surface area contributed by atoms with E-state index in [0.717, 1.165) is 17.8 Å². The van der Waals surface area contributed by atoms with Crippen molar-refractivity contribution in [2.45, 2.75) is 45.6 Å². The molecule has 5 nitrogen and oxygen atoms in total. The van der Waals surface area contributed by atoms with Gasteiger partial charge >= 0.3 is 0 Å². The number of aryl methyl sites for hydroxylation is 1. The Labute approximate surface area is 149 Å². The van der Waals surface area contributed by atoms with Gasteiger partial charge in [0.15, 0.2) is 5.69 Å². The van der Waals surface area contributed by atoms with Gasteiger partial charge in [0.1, 0.15) is 0 Å². The molecule has 5 heteroatoms. The molecule has 1 aliphatic rings. The van der Waals surface area contributed by atoms with Crippen molar-refractivity contribution in [3.05, 3.63) is 47.8 Å². The van der Waals surface area contributed by atoms with Crippen LogP contribution in [-0.2, 0) is 4.74 Å². The Morgan fingerprint density at radius 1 is 1.28 bits per heavy atom. The molecule has 1 amide bonds. The predicted molar refractivity (Wildman–Crippen MR) is 98.0 cm³/mol. The quantitative estimate of drug-likeness (QED) is 0.818. The molecule has 2 aromatic rings. The standard InChI is InChI=1S/C20H27N3O2/c1-15-8-6-7-11-19(15)25-13-12-21-20(24)18-14-16(2)23(22-18)17-9-4-3-5-10-17/h3-5,9-10,14-15,19H,6-8,11-13H2,1-2H3,(H,21,24). The van der Waals surface area contributed by atoms with Crippen LogP contribution in [0.5, 0.6) is 0 Å². The van der Waals surface area contributed by atoms with E-state index in [4.69, 9.17) is 4.74 Å². The highest BCUT2D eigenvalue weighted by atomic mass is 16.5. The highest BCUT2D eigenvalue weighted by molar-refractivity contribution is 5.92. The highest BCUT2D eigenvalue weighted by Crippen LogP contribution is 2.25. The first kappa shape index (κ1) is 17.7. The van der Waals surface area contributed by atoms with Crippen LogP contribution < -0.4 is 5.32 Å². The molecule has 1 aliphatic carbocycles. The van der Waals surface area contributed by atoms with E-state index < -0.39 is 0 Å². The van der Waals surface area contributed by atoms with Crippen molar-refractivity contribution in [3.63, 3.8) is 0 Å². The number of carbonyl (C=O) groups excluding carboxylic acids is 1. The summed E-state index contributed by atoms with van der Waals surface area (Å²) in [6.45, 7) is 5.27. The molecule has 0 spiro atoms. The fraction of sp³-hybridized carbons (Fsp3) is 0.500. The minimum absolute atomic E-state index is 0.155. The lowest BCUT2D eigenvalue weighted by molar-refractivity contribution is -0.00295. The van der Waals surface area contributed by atoms with Crippen molar-refractivity contribution in [1.82, 2.24) is 15.1 Å². The smallest absolute Gasteiger partial charge is 0.271 e. The zero-order valence-electron chi connectivity index (χ0n) is 15.1. The third kappa shape index (κ3) is 4.48. The molecule has 25 heavy (non-hydrogen) atoms. The molecule has 134 valence electrons. The number of para-hydroxylation sites is 1. The van der Waals surface area contributed by atoms with Gasteiger partial charge in [0, 0.05) is 12.2 Å². The van der Waals surface area contributed by atoms with Crippen molar-refractivity contribution in [3.8, 4) is 5.69 Å². The number of ether oxygens (including phenoxy) is 1. The molecule has 0 radical (unpaired) electrons. The summed E-state index contributed by atoms with van der Waals surface area (Å²) in [5, 5.41) is 7.33. The van der Waals surface area contributed by atoms with Gasteiger partial charge in [-0.15, -0.1) is 0 Å². The molecule has 1 fully saturated rings. The number of hydrogen-bond donors (Lipinski definition) is 1. The fourth-order valence-electron chi connectivity index (χ4n) is 3.41. The summed E-state index contributed by atoms with van der Waals surface area (Å²) in [5.74, 6) is 0.465. The summed E-state index contributed by atoms with van der Waals surface area (Å²) in [4.78, 5) is 12.3. The molecule has 2 unspecified atom stereocenters. The molecular formula is C20H27N3O2. The number of amides is 1. The minimum Gasteiger partial charge on any atom is -0.376 e. The van der Waals surface area contributed by atoms with E-state index in [1.165, 1.54) is 19.3 Å². The molecular weight excluding hydrogens is 314 g/mol. The monoisotopic (exact) mass is 341 g/mol. The van der Waals surface area contributed by atoms with E-state index in [-0.39, 0.29) is 5.91 Å². The van der Waals surface area contributed by atoms with Crippen molar-refractivity contribution in [1.29, 1.82) is 0 Å². The number of nitrogens with one attached hydrogen (secondary N) is 1. The lowest BCUT2D eigenvalue weighted by Gasteiger charge is -2.28. The lowest BCUT2D eigenvalue weighted by atomic mass is 9.88. The third-order valence-electron chi connectivity index (χ3n) is 4.87. The maximum Gasteiger partial charge on any atom is 0.271 e. The summed E-state index contributed by atoms with van der Waals surface area (Å²) in [5.41, 5.74) is 2.32. The van der Waals surface area contributed by atoms with E-state index in [0.29, 0.717) is 30.9 Å². The van der Waals surface area contributed by atoms with Crippen LogP contribution in [0, 0.1) is 12.8 Å². The van der Waals surface area contributed by atoms with Gasteiger partial charge in [-0.2, -0.15) is 5.10 Å². The Morgan fingerprint density at radius 3 is 2.80 bits per heavy atom. The number of aromatic nitrogens is 2. The van der Waals surface area contributed by atoms with Crippen LogP contribution in [0.25, 0.3) is 5.69 Å². The zero-order valence-corrected chi connectivity index (χ0v) is 15.1. The average Bonchev–Trinajstić information content (AvgIpc) is 3.02. The van der Waals surface area contributed by atoms with E-state index in [9.17, 15) is 4.79 Å². The first-order valence-corrected chi connectivity index (χ1v) is 9.17. The third-order valence-corrected chi connectivity index (χ3v) is 4.87. The molecule has 1 N–H and O–H groups in total. The second kappa shape index (κ2) is 8.30. The second-order valence-corrected chi connectivity index (χ2v) is 6.85. The summed E-state index contributed by atoms with van der Waals surface area (Å²) in [6, 6.07) is 11.6. The Kier molecular flexibility index (Phi) is 5.87. The van der Waals surface area contributed by atoms with Gasteiger partial charge in [-0.05, 0) is 43.9 Å². The summed E-state index contributed by atoms with van der Waals surface area (Å²) < 4.78 is 7.73. The van der Waals surface area contributed by atoms with Crippen LogP contribution in [0.3, 0.4) is 0 Å². The first-order chi connectivity index (χ1) is 12.1. The Hall–Kier alpha value is -2.14. The van der Waals surface area contributed by atoms with Crippen LogP contribution in [-0.4, -0.2) is 34.9 Å². The van der Waals surface area contributed by atoms with Crippen LogP contribution in [0.1, 0.15) is 48.8 Å². The van der Waals surface area contributed by atoms with Gasteiger partial charge in [0.05, 0.1) is 18.4 Å². The zero-order chi connectivity index (χ0) is 17.6. The second-order valence-electron chi connectivity index (χ2n) is 6.85. The van der Waals surface area contributed by atoms with E-state index in [1.807, 2.05) is 43.3 Å². The lowest BCUT2D eigenvalue weighted by Crippen LogP contribution is -2.32. The molecule has 1 heterocycles. The Morgan fingerprint density at radius 2 is 2.04 bits per heavy atom. The molecule has 0 saturated heterocycles. The van der Waals surface area contributed by atoms with Crippen molar-refractivity contribution >= 4 is 5.91 Å². The highest BCUT2D eigenvalue weighted by Gasteiger charge is 2.21. The maximum absolute atomic E-state index is 12.3. The van der Waals surface area contributed by atoms with Gasteiger partial charge in [-0.25, -0.2) is 4.68 Å². The van der Waals surface area contributed by atoms with E-state index in [1.54, 1.807) is 4.68 Å². The average molecular weight is 341 g/mol. The van der Waals surface area contributed by atoms with Crippen LogP contribution in [0.4, 0.5) is 0 Å². The molecule has 1 saturated carbocycles. The maximum atomic E-state index is 12.3. The Bertz CT molecular complexity index is 696. The van der Waals surface area contributed by atoms with Gasteiger partial charge in [0.2, 0.25) is 0 Å². The fourth-order valence-corrected chi connectivity index (χ4v) is 3.41. The van der Waals surface area contributed by atoms with Gasteiger partial charge < -0.3 is 10.1 Å². The normalized spacial score (nSPS) is 20.4. The predicted octanol–water partition coefficient (Wildman–Crippen LogP) is 3.51. The van der Waals surface area contributed by atoms with Crippen LogP contribution in [0.2, 0.25) is 0 Å². The van der Waals surface area contributed by atoms with E-state index >= 15 is 0 Å². The first-order valence-electron chi connectivity index (χ1n) is 9.17. The minimum atomic E-state index is -0.155. The molecule has 0 bridgehead atoms.